The number of amidine groups is 1. The monoisotopic (exact) mass is 329 g/mol. The first kappa shape index (κ1) is 14.3. The highest BCUT2D eigenvalue weighted by atomic mass is 32.2. The van der Waals surface area contributed by atoms with E-state index in [4.69, 9.17) is 4.99 Å². The maximum Gasteiger partial charge on any atom is 0.138 e. The Hall–Kier alpha value is -1.30. The molecule has 0 atom stereocenters. The van der Waals surface area contributed by atoms with Crippen LogP contribution >= 0.6 is 23.1 Å². The molecule has 0 aliphatic carbocycles. The van der Waals surface area contributed by atoms with Gasteiger partial charge in [0.1, 0.15) is 5.84 Å². The van der Waals surface area contributed by atoms with Gasteiger partial charge in [-0.15, -0.1) is 11.3 Å². The second kappa shape index (κ2) is 5.72. The van der Waals surface area contributed by atoms with Crippen molar-refractivity contribution in [3.63, 3.8) is 0 Å². The highest BCUT2D eigenvalue weighted by molar-refractivity contribution is 8.01. The SMILES string of the molecule is Cc1cc2c(s1)Sc1ccccc1N=C2N1CCN(C)CC1. The Morgan fingerprint density at radius 3 is 2.68 bits per heavy atom. The standard InChI is InChI=1S/C17H19N3S2/c1-12-11-13-16(20-9-7-19(2)8-10-20)18-14-5-3-4-6-15(14)22-17(13)21-12/h3-6,11H,7-10H2,1-2H3. The van der Waals surface area contributed by atoms with E-state index in [9.17, 15) is 0 Å². The van der Waals surface area contributed by atoms with Gasteiger partial charge in [0.2, 0.25) is 0 Å². The molecule has 2 aliphatic rings. The molecule has 0 radical (unpaired) electrons. The largest absolute Gasteiger partial charge is 0.353 e. The summed E-state index contributed by atoms with van der Waals surface area (Å²) in [6.45, 7) is 6.50. The predicted octanol–water partition coefficient (Wildman–Crippen LogP) is 3.85. The Balaban J connectivity index is 1.81. The lowest BCUT2D eigenvalue weighted by atomic mass is 10.2. The number of rotatable bonds is 0. The van der Waals surface area contributed by atoms with E-state index in [0.29, 0.717) is 0 Å². The summed E-state index contributed by atoms with van der Waals surface area (Å²) in [6, 6.07) is 10.8. The first-order chi connectivity index (χ1) is 10.7. The molecule has 5 heteroatoms. The average molecular weight is 329 g/mol. The van der Waals surface area contributed by atoms with Gasteiger partial charge in [0, 0.05) is 41.5 Å². The Bertz CT molecular complexity index is 727. The summed E-state index contributed by atoms with van der Waals surface area (Å²) in [5, 5.41) is 0. The molecule has 2 aromatic rings. The van der Waals surface area contributed by atoms with E-state index in [1.165, 1.54) is 19.5 Å². The van der Waals surface area contributed by atoms with E-state index in [-0.39, 0.29) is 0 Å². The summed E-state index contributed by atoms with van der Waals surface area (Å²) in [4.78, 5) is 12.5. The average Bonchev–Trinajstić information content (AvgIpc) is 2.80. The molecule has 22 heavy (non-hydrogen) atoms. The number of thiophene rings is 1. The number of hydrogen-bond donors (Lipinski definition) is 0. The van der Waals surface area contributed by atoms with Crippen LogP contribution in [0.1, 0.15) is 10.4 Å². The van der Waals surface area contributed by atoms with Crippen molar-refractivity contribution in [1.82, 2.24) is 9.80 Å². The van der Waals surface area contributed by atoms with E-state index in [1.807, 2.05) is 23.1 Å². The first-order valence-electron chi connectivity index (χ1n) is 7.60. The maximum atomic E-state index is 5.05. The molecule has 0 saturated carbocycles. The summed E-state index contributed by atoms with van der Waals surface area (Å²) < 4.78 is 1.38. The van der Waals surface area contributed by atoms with Crippen molar-refractivity contribution in [3.05, 3.63) is 40.8 Å². The van der Waals surface area contributed by atoms with Gasteiger partial charge in [0.05, 0.1) is 9.90 Å². The quantitative estimate of drug-likeness (QED) is 0.732. The molecule has 1 saturated heterocycles. The molecule has 1 aromatic heterocycles. The zero-order valence-corrected chi connectivity index (χ0v) is 14.5. The Morgan fingerprint density at radius 1 is 1.09 bits per heavy atom. The molecule has 2 aliphatic heterocycles. The molecule has 0 unspecified atom stereocenters. The highest BCUT2D eigenvalue weighted by Gasteiger charge is 2.25. The Morgan fingerprint density at radius 2 is 1.86 bits per heavy atom. The Labute approximate surface area is 139 Å². The minimum Gasteiger partial charge on any atom is -0.353 e. The van der Waals surface area contributed by atoms with Crippen LogP contribution in [-0.2, 0) is 0 Å². The fourth-order valence-corrected chi connectivity index (χ4v) is 5.28. The van der Waals surface area contributed by atoms with Gasteiger partial charge in [0.15, 0.2) is 0 Å². The molecular weight excluding hydrogens is 310 g/mol. The molecule has 0 amide bonds. The van der Waals surface area contributed by atoms with Gasteiger partial charge < -0.3 is 9.80 Å². The van der Waals surface area contributed by atoms with Crippen LogP contribution in [0.3, 0.4) is 0 Å². The predicted molar refractivity (Wildman–Crippen MR) is 94.9 cm³/mol. The lowest BCUT2D eigenvalue weighted by molar-refractivity contribution is 0.215. The fraction of sp³-hybridized carbons (Fsp3) is 0.353. The summed E-state index contributed by atoms with van der Waals surface area (Å²) in [5.74, 6) is 1.16. The van der Waals surface area contributed by atoms with Gasteiger partial charge >= 0.3 is 0 Å². The number of piperazine rings is 1. The van der Waals surface area contributed by atoms with Gasteiger partial charge in [-0.2, -0.15) is 0 Å². The molecule has 1 fully saturated rings. The Kier molecular flexibility index (Phi) is 3.72. The van der Waals surface area contributed by atoms with Crippen LogP contribution in [-0.4, -0.2) is 48.9 Å². The van der Waals surface area contributed by atoms with Gasteiger partial charge in [-0.3, -0.25) is 0 Å². The summed E-state index contributed by atoms with van der Waals surface area (Å²) in [6.07, 6.45) is 0. The van der Waals surface area contributed by atoms with Crippen molar-refractivity contribution in [2.24, 2.45) is 4.99 Å². The van der Waals surface area contributed by atoms with E-state index >= 15 is 0 Å². The van der Waals surface area contributed by atoms with Crippen molar-refractivity contribution in [2.45, 2.75) is 16.0 Å². The third kappa shape index (κ3) is 2.57. The first-order valence-corrected chi connectivity index (χ1v) is 9.24. The van der Waals surface area contributed by atoms with Crippen LogP contribution in [0.15, 0.2) is 44.4 Å². The van der Waals surface area contributed by atoms with Crippen molar-refractivity contribution in [2.75, 3.05) is 33.2 Å². The second-order valence-corrected chi connectivity index (χ2v) is 8.42. The summed E-state index contributed by atoms with van der Waals surface area (Å²) >= 11 is 3.74. The maximum absolute atomic E-state index is 5.05. The number of likely N-dealkylation sites (N-methyl/N-ethyl adjacent to an activating group) is 1. The topological polar surface area (TPSA) is 18.8 Å². The van der Waals surface area contributed by atoms with E-state index in [1.54, 1.807) is 0 Å². The number of benzene rings is 1. The van der Waals surface area contributed by atoms with Crippen LogP contribution in [0, 0.1) is 6.92 Å². The van der Waals surface area contributed by atoms with Crippen molar-refractivity contribution >= 4 is 34.6 Å². The molecular formula is C17H19N3S2. The number of para-hydroxylation sites is 1. The molecule has 0 spiro atoms. The van der Waals surface area contributed by atoms with Crippen LogP contribution < -0.4 is 0 Å². The van der Waals surface area contributed by atoms with Crippen LogP contribution in [0.4, 0.5) is 5.69 Å². The summed E-state index contributed by atoms with van der Waals surface area (Å²) in [7, 11) is 2.19. The molecule has 0 N–H and O–H groups in total. The van der Waals surface area contributed by atoms with Gasteiger partial charge in [-0.25, -0.2) is 4.99 Å². The van der Waals surface area contributed by atoms with E-state index < -0.39 is 0 Å². The van der Waals surface area contributed by atoms with Crippen LogP contribution in [0.2, 0.25) is 0 Å². The molecule has 0 bridgehead atoms. The molecule has 3 heterocycles. The van der Waals surface area contributed by atoms with E-state index in [2.05, 4.69) is 54.1 Å². The van der Waals surface area contributed by atoms with Crippen molar-refractivity contribution < 1.29 is 0 Å². The van der Waals surface area contributed by atoms with Crippen LogP contribution in [0.5, 0.6) is 0 Å². The van der Waals surface area contributed by atoms with Gasteiger partial charge in [-0.1, -0.05) is 23.9 Å². The normalized spacial score (nSPS) is 18.5. The number of aryl methyl sites for hydroxylation is 1. The zero-order valence-electron chi connectivity index (χ0n) is 12.9. The van der Waals surface area contributed by atoms with Crippen LogP contribution in [0.25, 0.3) is 0 Å². The highest BCUT2D eigenvalue weighted by Crippen LogP contribution is 2.44. The lowest BCUT2D eigenvalue weighted by Gasteiger charge is -2.34. The van der Waals surface area contributed by atoms with E-state index in [0.717, 1.165) is 37.7 Å². The number of hydrogen-bond acceptors (Lipinski definition) is 5. The third-order valence-corrected chi connectivity index (χ3v) is 6.47. The molecule has 114 valence electrons. The molecule has 3 nitrogen and oxygen atoms in total. The molecule has 4 rings (SSSR count). The minimum absolute atomic E-state index is 1.05. The van der Waals surface area contributed by atoms with Gasteiger partial charge in [-0.05, 0) is 32.2 Å². The number of aliphatic imine (C=N–C) groups is 1. The lowest BCUT2D eigenvalue weighted by Crippen LogP contribution is -2.47. The number of fused-ring (bicyclic) bond motifs is 2. The van der Waals surface area contributed by atoms with Crippen molar-refractivity contribution in [3.8, 4) is 0 Å². The second-order valence-electron chi connectivity index (χ2n) is 5.85. The smallest absolute Gasteiger partial charge is 0.138 e. The van der Waals surface area contributed by atoms with Gasteiger partial charge in [0.25, 0.3) is 0 Å². The summed E-state index contributed by atoms with van der Waals surface area (Å²) in [5.41, 5.74) is 2.41. The fourth-order valence-electron chi connectivity index (χ4n) is 2.89. The molecule has 1 aromatic carbocycles. The zero-order chi connectivity index (χ0) is 15.1. The third-order valence-electron chi connectivity index (χ3n) is 4.16. The minimum atomic E-state index is 1.05. The van der Waals surface area contributed by atoms with Crippen molar-refractivity contribution in [1.29, 1.82) is 0 Å². The number of nitrogens with zero attached hydrogens (tertiary/aromatic N) is 3.